The maximum atomic E-state index is 10.9. The van der Waals surface area contributed by atoms with Gasteiger partial charge in [0.1, 0.15) is 0 Å². The van der Waals surface area contributed by atoms with Gasteiger partial charge in [-0.25, -0.2) is 0 Å². The van der Waals surface area contributed by atoms with Crippen molar-refractivity contribution in [2.75, 3.05) is 0 Å². The third-order valence-electron chi connectivity index (χ3n) is 1.63. The zero-order valence-corrected chi connectivity index (χ0v) is 7.44. The molecule has 76 valence electrons. The van der Waals surface area contributed by atoms with Crippen LogP contribution in [-0.2, 0) is 28.7 Å². The van der Waals surface area contributed by atoms with Gasteiger partial charge < -0.3 is 9.47 Å². The Balaban J connectivity index is 2.45. The third-order valence-corrected chi connectivity index (χ3v) is 1.63. The van der Waals surface area contributed by atoms with Crippen LogP contribution < -0.4 is 0 Å². The van der Waals surface area contributed by atoms with Crippen LogP contribution in [0.15, 0.2) is 0 Å². The Morgan fingerprint density at radius 2 is 2.14 bits per heavy atom. The Morgan fingerprint density at radius 1 is 1.50 bits per heavy atom. The predicted molar refractivity (Wildman–Crippen MR) is 40.6 cm³/mol. The van der Waals surface area contributed by atoms with Gasteiger partial charge in [-0.3, -0.25) is 19.2 Å². The molecule has 1 unspecified atom stereocenters. The number of cyclic esters (lactones) is 2. The summed E-state index contributed by atoms with van der Waals surface area (Å²) in [4.78, 5) is 42.7. The summed E-state index contributed by atoms with van der Waals surface area (Å²) >= 11 is 0. The maximum absolute atomic E-state index is 10.9. The fourth-order valence-electron chi connectivity index (χ4n) is 1.08. The Kier molecular flexibility index (Phi) is 2.95. The molecule has 0 bridgehead atoms. The first-order valence-electron chi connectivity index (χ1n) is 3.95. The number of hydrogen-bond donors (Lipinski definition) is 0. The van der Waals surface area contributed by atoms with E-state index in [-0.39, 0.29) is 12.8 Å². The molecule has 1 fully saturated rings. The van der Waals surface area contributed by atoms with Crippen molar-refractivity contribution in [3.05, 3.63) is 0 Å². The number of ether oxygens (including phenoxy) is 2. The molecule has 1 saturated heterocycles. The molecule has 6 heteroatoms. The van der Waals surface area contributed by atoms with Crippen LogP contribution in [0.2, 0.25) is 0 Å². The summed E-state index contributed by atoms with van der Waals surface area (Å²) in [5.74, 6) is -3.78. The van der Waals surface area contributed by atoms with Crippen LogP contribution in [0.5, 0.6) is 0 Å². The van der Waals surface area contributed by atoms with Crippen molar-refractivity contribution in [1.82, 2.24) is 0 Å². The average molecular weight is 200 g/mol. The van der Waals surface area contributed by atoms with Crippen LogP contribution >= 0.6 is 0 Å². The van der Waals surface area contributed by atoms with E-state index in [0.29, 0.717) is 0 Å². The summed E-state index contributed by atoms with van der Waals surface area (Å²) in [6, 6.07) is 0. The molecule has 0 radical (unpaired) electrons. The van der Waals surface area contributed by atoms with Crippen molar-refractivity contribution in [2.45, 2.75) is 19.8 Å². The minimum absolute atomic E-state index is 0.133. The van der Waals surface area contributed by atoms with E-state index in [4.69, 9.17) is 0 Å². The normalized spacial score (nSPS) is 20.5. The highest BCUT2D eigenvalue weighted by Gasteiger charge is 2.35. The lowest BCUT2D eigenvalue weighted by molar-refractivity contribution is -0.161. The Bertz CT molecular complexity index is 305. The number of carbonyl (C=O) groups excluding carboxylic acids is 4. The van der Waals surface area contributed by atoms with Crippen molar-refractivity contribution < 1.29 is 28.7 Å². The van der Waals surface area contributed by atoms with Crippen LogP contribution in [0.25, 0.3) is 0 Å². The zero-order valence-electron chi connectivity index (χ0n) is 7.44. The molecule has 0 N–H and O–H groups in total. The smallest absolute Gasteiger partial charge is 0.317 e. The molecule has 0 aromatic heterocycles. The number of rotatable bonds is 2. The number of hydrogen-bond acceptors (Lipinski definition) is 6. The molecule has 0 aromatic rings. The van der Waals surface area contributed by atoms with E-state index in [1.807, 2.05) is 0 Å². The predicted octanol–water partition coefficient (Wildman–Crippen LogP) is -0.444. The summed E-state index contributed by atoms with van der Waals surface area (Å²) < 4.78 is 8.41. The number of carbonyl (C=O) groups is 4. The van der Waals surface area contributed by atoms with Gasteiger partial charge in [0.15, 0.2) is 0 Å². The van der Waals surface area contributed by atoms with Crippen LogP contribution in [0.1, 0.15) is 19.8 Å². The highest BCUT2D eigenvalue weighted by Crippen LogP contribution is 2.19. The second-order valence-electron chi connectivity index (χ2n) is 2.86. The molecule has 14 heavy (non-hydrogen) atoms. The fourth-order valence-corrected chi connectivity index (χ4v) is 1.08. The monoisotopic (exact) mass is 200 g/mol. The molecule has 1 rings (SSSR count). The van der Waals surface area contributed by atoms with E-state index in [1.54, 1.807) is 0 Å². The minimum Gasteiger partial charge on any atom is -0.393 e. The molecule has 0 aliphatic carbocycles. The van der Waals surface area contributed by atoms with E-state index in [0.717, 1.165) is 6.92 Å². The van der Waals surface area contributed by atoms with E-state index in [1.165, 1.54) is 0 Å². The largest absolute Gasteiger partial charge is 0.393 e. The second kappa shape index (κ2) is 3.99. The van der Waals surface area contributed by atoms with Crippen LogP contribution in [0.3, 0.4) is 0 Å². The lowest BCUT2D eigenvalue weighted by Gasteiger charge is -2.01. The van der Waals surface area contributed by atoms with Crippen molar-refractivity contribution in [3.8, 4) is 0 Å². The molecule has 0 amide bonds. The zero-order chi connectivity index (χ0) is 10.7. The van der Waals surface area contributed by atoms with Crippen molar-refractivity contribution in [2.24, 2.45) is 5.92 Å². The van der Waals surface area contributed by atoms with E-state index in [9.17, 15) is 19.2 Å². The van der Waals surface area contributed by atoms with Gasteiger partial charge in [-0.15, -0.1) is 0 Å². The summed E-state index contributed by atoms with van der Waals surface area (Å²) in [6.07, 6.45) is -0.435. The first-order chi connectivity index (χ1) is 6.49. The van der Waals surface area contributed by atoms with Crippen molar-refractivity contribution in [1.29, 1.82) is 0 Å². The molecule has 1 heterocycles. The minimum atomic E-state index is -0.825. The van der Waals surface area contributed by atoms with E-state index < -0.39 is 29.8 Å². The van der Waals surface area contributed by atoms with Gasteiger partial charge in [0.2, 0.25) is 0 Å². The first kappa shape index (κ1) is 10.4. The first-order valence-corrected chi connectivity index (χ1v) is 3.95. The molecular formula is C8H8O6. The molecule has 0 aromatic carbocycles. The highest BCUT2D eigenvalue weighted by atomic mass is 16.6. The van der Waals surface area contributed by atoms with Gasteiger partial charge >= 0.3 is 23.9 Å². The second-order valence-corrected chi connectivity index (χ2v) is 2.86. The van der Waals surface area contributed by atoms with Crippen molar-refractivity contribution >= 4 is 23.9 Å². The van der Waals surface area contributed by atoms with Gasteiger partial charge in [0.05, 0.1) is 18.8 Å². The SMILES string of the molecule is CC(=O)OC(=O)CC1CC(=O)OC1=O. The summed E-state index contributed by atoms with van der Waals surface area (Å²) in [6.45, 7) is 1.08. The van der Waals surface area contributed by atoms with Crippen LogP contribution in [0.4, 0.5) is 0 Å². The molecule has 0 saturated carbocycles. The molecular weight excluding hydrogens is 192 g/mol. The fraction of sp³-hybridized carbons (Fsp3) is 0.500. The summed E-state index contributed by atoms with van der Waals surface area (Å²) in [7, 11) is 0. The van der Waals surface area contributed by atoms with Crippen LogP contribution in [-0.4, -0.2) is 23.9 Å². The van der Waals surface area contributed by atoms with Gasteiger partial charge in [0, 0.05) is 6.92 Å². The Hall–Kier alpha value is -1.72. The van der Waals surface area contributed by atoms with Gasteiger partial charge in [0.25, 0.3) is 0 Å². The molecule has 1 aliphatic rings. The third kappa shape index (κ3) is 2.65. The molecule has 1 atom stereocenters. The highest BCUT2D eigenvalue weighted by molar-refractivity contribution is 5.97. The maximum Gasteiger partial charge on any atom is 0.317 e. The van der Waals surface area contributed by atoms with E-state index in [2.05, 4.69) is 9.47 Å². The molecule has 1 aliphatic heterocycles. The lowest BCUT2D eigenvalue weighted by Crippen LogP contribution is -2.17. The summed E-state index contributed by atoms with van der Waals surface area (Å²) in [5.41, 5.74) is 0. The number of esters is 4. The van der Waals surface area contributed by atoms with Crippen molar-refractivity contribution in [3.63, 3.8) is 0 Å². The van der Waals surface area contributed by atoms with Gasteiger partial charge in [-0.2, -0.15) is 0 Å². The Labute approximate surface area is 79.2 Å². The summed E-state index contributed by atoms with van der Waals surface area (Å²) in [5, 5.41) is 0. The van der Waals surface area contributed by atoms with Crippen LogP contribution in [0, 0.1) is 5.92 Å². The molecule has 6 nitrogen and oxygen atoms in total. The lowest BCUT2D eigenvalue weighted by atomic mass is 10.0. The quantitative estimate of drug-likeness (QED) is 0.443. The Morgan fingerprint density at radius 3 is 2.57 bits per heavy atom. The van der Waals surface area contributed by atoms with Gasteiger partial charge in [-0.05, 0) is 0 Å². The average Bonchev–Trinajstić information content (AvgIpc) is 2.28. The van der Waals surface area contributed by atoms with E-state index >= 15 is 0 Å². The topological polar surface area (TPSA) is 86.7 Å². The molecule has 0 spiro atoms. The standard InChI is InChI=1S/C8H8O6/c1-4(9)13-6(10)2-5-3-7(11)14-8(5)12/h5H,2-3H2,1H3. The van der Waals surface area contributed by atoms with Gasteiger partial charge in [-0.1, -0.05) is 0 Å².